The Morgan fingerprint density at radius 3 is 2.52 bits per heavy atom. The molecule has 5 rings (SSSR count). The number of hydrogen-bond acceptors (Lipinski definition) is 6. The van der Waals surface area contributed by atoms with Gasteiger partial charge in [-0.2, -0.15) is 0 Å². The molecule has 2 aromatic rings. The minimum atomic E-state index is -1.48. The van der Waals surface area contributed by atoms with Crippen LogP contribution in [0.1, 0.15) is 37.3 Å². The number of H-pyrrole nitrogens is 1. The molecule has 2 aliphatic carbocycles. The first-order valence-corrected chi connectivity index (χ1v) is 10.5. The molecule has 1 aromatic heterocycles. The molecule has 0 spiro atoms. The van der Waals surface area contributed by atoms with Crippen LogP contribution in [-0.4, -0.2) is 57.8 Å². The Kier molecular flexibility index (Phi) is 4.46. The van der Waals surface area contributed by atoms with Gasteiger partial charge < -0.3 is 19.8 Å². The quantitative estimate of drug-likeness (QED) is 0.648. The molecular formula is C21H25F2N3O5. The van der Waals surface area contributed by atoms with Crippen molar-refractivity contribution in [2.45, 2.75) is 56.5 Å². The molecule has 1 saturated heterocycles. The largest absolute Gasteiger partial charge is 0.492 e. The Labute approximate surface area is 176 Å². The van der Waals surface area contributed by atoms with E-state index in [-0.39, 0.29) is 47.0 Å². The maximum atomic E-state index is 15.6. The number of benzene rings is 1. The number of aromatic nitrogens is 2. The Bertz CT molecular complexity index is 1180. The molecule has 3 N–H and O–H groups in total. The summed E-state index contributed by atoms with van der Waals surface area (Å²) in [6.07, 6.45) is -0.431. The zero-order valence-corrected chi connectivity index (χ0v) is 17.3. The number of halogens is 2. The normalized spacial score (nSPS) is 25.8. The predicted molar refractivity (Wildman–Crippen MR) is 109 cm³/mol. The van der Waals surface area contributed by atoms with Crippen molar-refractivity contribution in [3.05, 3.63) is 32.2 Å². The number of alkyl halides is 1. The van der Waals surface area contributed by atoms with Crippen LogP contribution in [-0.2, 0) is 0 Å². The van der Waals surface area contributed by atoms with E-state index in [0.29, 0.717) is 12.8 Å². The molecule has 3 aliphatic rings. The number of methoxy groups -OCH3 is 1. The van der Waals surface area contributed by atoms with Crippen molar-refractivity contribution in [2.75, 3.05) is 25.1 Å². The van der Waals surface area contributed by atoms with Gasteiger partial charge in [-0.05, 0) is 32.6 Å². The number of rotatable bonds is 5. The molecule has 0 amide bonds. The van der Waals surface area contributed by atoms with Gasteiger partial charge in [-0.25, -0.2) is 13.6 Å². The van der Waals surface area contributed by atoms with Gasteiger partial charge in [0, 0.05) is 30.6 Å². The summed E-state index contributed by atoms with van der Waals surface area (Å²) in [6.45, 7) is 1.21. The van der Waals surface area contributed by atoms with Crippen LogP contribution >= 0.6 is 0 Å². The SMILES string of the molecule is COc1c(N2CC(F)C(C(O)C3(O)CC3)C2)c(F)c(C)c2c(=O)[nH]c(=O)n(C3CC3)c12. The lowest BCUT2D eigenvalue weighted by Gasteiger charge is -2.27. The zero-order valence-electron chi connectivity index (χ0n) is 17.3. The highest BCUT2D eigenvalue weighted by Crippen LogP contribution is 2.47. The van der Waals surface area contributed by atoms with Crippen molar-refractivity contribution in [1.82, 2.24) is 9.55 Å². The van der Waals surface area contributed by atoms with Crippen LogP contribution in [0.15, 0.2) is 9.59 Å². The third kappa shape index (κ3) is 2.99. The Hall–Kier alpha value is -2.46. The molecule has 0 radical (unpaired) electrons. The van der Waals surface area contributed by atoms with Crippen LogP contribution in [0.3, 0.4) is 0 Å². The smallest absolute Gasteiger partial charge is 0.329 e. The second kappa shape index (κ2) is 6.77. The van der Waals surface area contributed by atoms with Crippen LogP contribution < -0.4 is 20.9 Å². The Balaban J connectivity index is 1.69. The van der Waals surface area contributed by atoms with Gasteiger partial charge in [-0.3, -0.25) is 14.3 Å². The lowest BCUT2D eigenvalue weighted by Crippen LogP contribution is -2.40. The lowest BCUT2D eigenvalue weighted by atomic mass is 9.94. The maximum Gasteiger partial charge on any atom is 0.329 e. The van der Waals surface area contributed by atoms with Gasteiger partial charge in [0.05, 0.1) is 24.2 Å². The molecular weight excluding hydrogens is 412 g/mol. The molecule has 2 heterocycles. The molecule has 31 heavy (non-hydrogen) atoms. The number of anilines is 1. The van der Waals surface area contributed by atoms with Crippen molar-refractivity contribution < 1.29 is 23.7 Å². The number of hydrogen-bond donors (Lipinski definition) is 3. The third-order valence-electron chi connectivity index (χ3n) is 6.93. The van der Waals surface area contributed by atoms with Crippen molar-refractivity contribution in [3.63, 3.8) is 0 Å². The molecule has 8 nitrogen and oxygen atoms in total. The molecule has 168 valence electrons. The van der Waals surface area contributed by atoms with E-state index in [2.05, 4.69) is 4.98 Å². The molecule has 0 bridgehead atoms. The average Bonchev–Trinajstić information content (AvgIpc) is 3.64. The van der Waals surface area contributed by atoms with E-state index in [1.54, 1.807) is 0 Å². The van der Waals surface area contributed by atoms with Crippen LogP contribution in [0.2, 0.25) is 0 Å². The molecule has 3 fully saturated rings. The van der Waals surface area contributed by atoms with Crippen molar-refractivity contribution in [3.8, 4) is 5.75 Å². The van der Waals surface area contributed by atoms with Gasteiger partial charge in [0.25, 0.3) is 5.56 Å². The van der Waals surface area contributed by atoms with Gasteiger partial charge in [0.15, 0.2) is 11.6 Å². The summed E-state index contributed by atoms with van der Waals surface area (Å²) in [5.41, 5.74) is -2.37. The first-order chi connectivity index (χ1) is 14.7. The summed E-state index contributed by atoms with van der Waals surface area (Å²) in [6, 6.07) is -0.121. The Morgan fingerprint density at radius 2 is 1.94 bits per heavy atom. The number of nitrogens with zero attached hydrogens (tertiary/aromatic N) is 2. The number of ether oxygens (including phenoxy) is 1. The summed E-state index contributed by atoms with van der Waals surface area (Å²) in [4.78, 5) is 28.8. The summed E-state index contributed by atoms with van der Waals surface area (Å²) < 4.78 is 37.4. The van der Waals surface area contributed by atoms with E-state index in [1.807, 2.05) is 0 Å². The highest BCUT2D eigenvalue weighted by atomic mass is 19.1. The third-order valence-corrected chi connectivity index (χ3v) is 6.93. The molecule has 3 unspecified atom stereocenters. The molecule has 1 aliphatic heterocycles. The van der Waals surface area contributed by atoms with E-state index < -0.39 is 40.9 Å². The number of fused-ring (bicyclic) bond motifs is 1. The number of aryl methyl sites for hydroxylation is 1. The second-order valence-electron chi connectivity index (χ2n) is 9.04. The predicted octanol–water partition coefficient (Wildman–Crippen LogP) is 1.14. The standard InChI is InChI=1S/C21H25F2N3O5/c1-9-13-15(26(10-3-4-10)20(29)24-19(13)28)17(31-2)16(14(9)23)25-7-11(12(22)8-25)18(27)21(30)5-6-21/h10-12,18,27,30H,3-8H2,1-2H3,(H,24,28,29). The van der Waals surface area contributed by atoms with E-state index in [1.165, 1.54) is 23.5 Å². The van der Waals surface area contributed by atoms with E-state index >= 15 is 4.39 Å². The van der Waals surface area contributed by atoms with Crippen LogP contribution in [0.25, 0.3) is 10.9 Å². The highest BCUT2D eigenvalue weighted by molar-refractivity contribution is 5.93. The fourth-order valence-electron chi connectivity index (χ4n) is 4.87. The van der Waals surface area contributed by atoms with E-state index in [4.69, 9.17) is 4.74 Å². The second-order valence-corrected chi connectivity index (χ2v) is 9.04. The average molecular weight is 437 g/mol. The minimum absolute atomic E-state index is 0.000624. The molecule has 2 saturated carbocycles. The van der Waals surface area contributed by atoms with Gasteiger partial charge in [-0.15, -0.1) is 0 Å². The fourth-order valence-corrected chi connectivity index (χ4v) is 4.87. The van der Waals surface area contributed by atoms with Gasteiger partial charge in [-0.1, -0.05) is 0 Å². The first-order valence-electron chi connectivity index (χ1n) is 10.5. The number of nitrogens with one attached hydrogen (secondary N) is 1. The minimum Gasteiger partial charge on any atom is -0.492 e. The van der Waals surface area contributed by atoms with Crippen LogP contribution in [0, 0.1) is 18.7 Å². The fraction of sp³-hybridized carbons (Fsp3) is 0.619. The lowest BCUT2D eigenvalue weighted by molar-refractivity contribution is -0.0440. The summed E-state index contributed by atoms with van der Waals surface area (Å²) in [5, 5.41) is 20.7. The molecule has 3 atom stereocenters. The number of aliphatic hydroxyl groups excluding tert-OH is 1. The maximum absolute atomic E-state index is 15.6. The zero-order chi connectivity index (χ0) is 22.2. The van der Waals surface area contributed by atoms with Crippen molar-refractivity contribution in [2.24, 2.45) is 5.92 Å². The van der Waals surface area contributed by atoms with Gasteiger partial charge in [0.2, 0.25) is 0 Å². The van der Waals surface area contributed by atoms with Crippen molar-refractivity contribution in [1.29, 1.82) is 0 Å². The summed E-state index contributed by atoms with van der Waals surface area (Å²) >= 11 is 0. The number of aromatic amines is 1. The summed E-state index contributed by atoms with van der Waals surface area (Å²) in [5.74, 6) is -1.62. The van der Waals surface area contributed by atoms with E-state index in [0.717, 1.165) is 12.8 Å². The van der Waals surface area contributed by atoms with Gasteiger partial charge >= 0.3 is 5.69 Å². The van der Waals surface area contributed by atoms with Gasteiger partial charge in [0.1, 0.15) is 17.4 Å². The van der Waals surface area contributed by atoms with E-state index in [9.17, 15) is 24.2 Å². The van der Waals surface area contributed by atoms with Crippen molar-refractivity contribution >= 4 is 16.6 Å². The topological polar surface area (TPSA) is 108 Å². The first kappa shape index (κ1) is 20.4. The number of aliphatic hydroxyl groups is 2. The Morgan fingerprint density at radius 1 is 1.26 bits per heavy atom. The summed E-state index contributed by atoms with van der Waals surface area (Å²) in [7, 11) is 1.32. The van der Waals surface area contributed by atoms with Crippen LogP contribution in [0.5, 0.6) is 5.75 Å². The van der Waals surface area contributed by atoms with Crippen LogP contribution in [0.4, 0.5) is 14.5 Å². The highest BCUT2D eigenvalue weighted by Gasteiger charge is 2.54. The monoisotopic (exact) mass is 437 g/mol. The molecule has 1 aromatic carbocycles. The molecule has 10 heteroatoms.